The van der Waals surface area contributed by atoms with E-state index in [0.29, 0.717) is 0 Å². The monoisotopic (exact) mass is 540 g/mol. The third kappa shape index (κ3) is 9.41. The molecular formula is C22H30Co2S4+2. The van der Waals surface area contributed by atoms with Crippen LogP contribution in [0.25, 0.3) is 0 Å². The molecule has 0 aromatic rings. The van der Waals surface area contributed by atoms with Crippen molar-refractivity contribution in [2.24, 2.45) is 0 Å². The predicted molar refractivity (Wildman–Crippen MR) is 126 cm³/mol. The Balaban J connectivity index is -0.000000335. The molecule has 0 bridgehead atoms. The van der Waals surface area contributed by atoms with Crippen molar-refractivity contribution in [3.05, 3.63) is 67.7 Å². The molecule has 10 radical (unpaired) electrons. The van der Waals surface area contributed by atoms with E-state index in [0.717, 1.165) is 0 Å². The van der Waals surface area contributed by atoms with Crippen LogP contribution in [0.15, 0.2) is 8.47 Å². The van der Waals surface area contributed by atoms with E-state index in [-0.39, 0.29) is 42.0 Å². The van der Waals surface area contributed by atoms with Crippen LogP contribution in [0.5, 0.6) is 0 Å². The van der Waals surface area contributed by atoms with Crippen LogP contribution in [0.1, 0.15) is 69.2 Å². The molecule has 0 aliphatic heterocycles. The van der Waals surface area contributed by atoms with Crippen molar-refractivity contribution in [3.8, 4) is 0 Å². The minimum atomic E-state index is 0. The SMILES string of the molecule is C[C]1[C](C)[C](C)[C](C)[C]1C.C[C]1[C](C)[C](C)[C](C)[C]1C.[Co+3].[Co+3].[S-]C([S-])=C([S-])[S-]. The fourth-order valence-electron chi connectivity index (χ4n) is 2.81. The van der Waals surface area contributed by atoms with Crippen LogP contribution in [0.3, 0.4) is 0 Å². The van der Waals surface area contributed by atoms with Crippen molar-refractivity contribution in [2.75, 3.05) is 0 Å². The topological polar surface area (TPSA) is 0 Å². The summed E-state index contributed by atoms with van der Waals surface area (Å²) in [7, 11) is 0. The van der Waals surface area contributed by atoms with E-state index in [1.807, 2.05) is 0 Å². The summed E-state index contributed by atoms with van der Waals surface area (Å²) >= 11 is 17.6. The third-order valence-electron chi connectivity index (χ3n) is 5.79. The quantitative estimate of drug-likeness (QED) is 0.334. The van der Waals surface area contributed by atoms with Gasteiger partial charge in [-0.1, -0.05) is 69.2 Å². The van der Waals surface area contributed by atoms with Crippen LogP contribution in [-0.4, -0.2) is 0 Å². The summed E-state index contributed by atoms with van der Waals surface area (Å²) < 4.78 is 0.444. The summed E-state index contributed by atoms with van der Waals surface area (Å²) in [5.41, 5.74) is 0. The molecule has 0 unspecified atom stereocenters. The molecule has 0 spiro atoms. The van der Waals surface area contributed by atoms with Crippen LogP contribution >= 0.6 is 0 Å². The average molecular weight is 541 g/mol. The Morgan fingerprint density at radius 1 is 0.321 bits per heavy atom. The smallest absolute Gasteiger partial charge is 0.810 e. The first-order valence-electron chi connectivity index (χ1n) is 8.57. The third-order valence-corrected chi connectivity index (χ3v) is 7.12. The maximum atomic E-state index is 4.39. The van der Waals surface area contributed by atoms with Gasteiger partial charge in [0.1, 0.15) is 0 Å². The Labute approximate surface area is 219 Å². The minimum Gasteiger partial charge on any atom is -0.810 e. The number of hydrogen-bond donors (Lipinski definition) is 0. The predicted octanol–water partition coefficient (Wildman–Crippen LogP) is 6.24. The second-order valence-electron chi connectivity index (χ2n) is 6.82. The summed E-state index contributed by atoms with van der Waals surface area (Å²) in [6.07, 6.45) is 0. The summed E-state index contributed by atoms with van der Waals surface area (Å²) in [5.74, 6) is 14.7. The maximum Gasteiger partial charge on any atom is 3.00 e. The van der Waals surface area contributed by atoms with Crippen molar-refractivity contribution in [1.29, 1.82) is 0 Å². The van der Waals surface area contributed by atoms with Crippen LogP contribution in [0, 0.1) is 59.2 Å². The van der Waals surface area contributed by atoms with Crippen LogP contribution in [0.2, 0.25) is 0 Å². The Kier molecular flexibility index (Phi) is 18.9. The standard InChI is InChI=1S/2C10H15.C2H4S4.2Co/c2*1-6-7(2)9(4)10(5)8(6)3;3-1(4)2(5)6;;/h2*1-5H3;3-6H;;/q;;;2*+3/p-4. The molecule has 0 amide bonds. The van der Waals surface area contributed by atoms with Gasteiger partial charge in [0, 0.05) is 0 Å². The van der Waals surface area contributed by atoms with E-state index in [4.69, 9.17) is 0 Å². The van der Waals surface area contributed by atoms with E-state index in [9.17, 15) is 0 Å². The van der Waals surface area contributed by atoms with Gasteiger partial charge in [-0.25, -0.2) is 0 Å². The normalized spacial score (nSPS) is 21.9. The van der Waals surface area contributed by atoms with Crippen LogP contribution in [0.4, 0.5) is 0 Å². The summed E-state index contributed by atoms with van der Waals surface area (Å²) in [6.45, 7) is 22.0. The molecule has 2 fully saturated rings. The Hall–Kier alpha value is 1.63. The molecule has 158 valence electrons. The summed E-state index contributed by atoms with van der Waals surface area (Å²) in [5, 5.41) is 0. The van der Waals surface area contributed by atoms with Crippen molar-refractivity contribution in [2.45, 2.75) is 69.2 Å². The van der Waals surface area contributed by atoms with Gasteiger partial charge in [-0.05, 0) is 59.2 Å². The van der Waals surface area contributed by atoms with Gasteiger partial charge in [-0.2, -0.15) is 0 Å². The molecule has 2 aliphatic rings. The van der Waals surface area contributed by atoms with Gasteiger partial charge in [0.15, 0.2) is 0 Å². The van der Waals surface area contributed by atoms with Gasteiger partial charge in [0.05, 0.1) is 0 Å². The zero-order chi connectivity index (χ0) is 20.9. The zero-order valence-electron chi connectivity index (χ0n) is 18.3. The van der Waals surface area contributed by atoms with Crippen molar-refractivity contribution in [3.63, 3.8) is 0 Å². The van der Waals surface area contributed by atoms with Gasteiger partial charge < -0.3 is 59.0 Å². The van der Waals surface area contributed by atoms with Gasteiger partial charge in [-0.15, -0.1) is 0 Å². The molecule has 0 nitrogen and oxygen atoms in total. The molecule has 0 N–H and O–H groups in total. The molecule has 2 aliphatic carbocycles. The minimum absolute atomic E-state index is 0. The van der Waals surface area contributed by atoms with Crippen LogP contribution < -0.4 is 0 Å². The molecule has 28 heavy (non-hydrogen) atoms. The van der Waals surface area contributed by atoms with Crippen molar-refractivity contribution < 1.29 is 33.6 Å². The molecule has 0 atom stereocenters. The fraction of sp³-hybridized carbons (Fsp3) is 0.455. The van der Waals surface area contributed by atoms with E-state index in [1.165, 1.54) is 59.2 Å². The molecular weight excluding hydrogens is 510 g/mol. The second kappa shape index (κ2) is 15.4. The van der Waals surface area contributed by atoms with Gasteiger partial charge >= 0.3 is 33.6 Å². The van der Waals surface area contributed by atoms with Crippen LogP contribution in [-0.2, 0) is 84.1 Å². The number of rotatable bonds is 0. The molecule has 0 aromatic heterocycles. The second-order valence-corrected chi connectivity index (χ2v) is 8.97. The fourth-order valence-corrected chi connectivity index (χ4v) is 2.81. The van der Waals surface area contributed by atoms with E-state index in [1.54, 1.807) is 0 Å². The first-order chi connectivity index (χ1) is 11.7. The van der Waals surface area contributed by atoms with Crippen molar-refractivity contribution >= 4 is 50.5 Å². The Morgan fingerprint density at radius 2 is 0.393 bits per heavy atom. The van der Waals surface area contributed by atoms with E-state index >= 15 is 0 Å². The molecule has 0 aromatic carbocycles. The first kappa shape index (κ1) is 34.3. The molecule has 0 heterocycles. The maximum absolute atomic E-state index is 4.39. The van der Waals surface area contributed by atoms with Gasteiger partial charge in [-0.3, -0.25) is 0 Å². The molecule has 0 saturated heterocycles. The van der Waals surface area contributed by atoms with E-state index in [2.05, 4.69) is 120 Å². The molecule has 2 saturated carbocycles. The van der Waals surface area contributed by atoms with Gasteiger partial charge in [0.25, 0.3) is 0 Å². The molecule has 6 heteroatoms. The van der Waals surface area contributed by atoms with Gasteiger partial charge in [0.2, 0.25) is 0 Å². The first-order valence-corrected chi connectivity index (χ1v) is 10.2. The zero-order valence-corrected chi connectivity index (χ0v) is 23.6. The van der Waals surface area contributed by atoms with E-state index < -0.39 is 0 Å². The largest absolute Gasteiger partial charge is 3.00 e. The average Bonchev–Trinajstić information content (AvgIpc) is 2.86. The number of hydrogen-bond acceptors (Lipinski definition) is 4. The summed E-state index contributed by atoms with van der Waals surface area (Å²) in [6, 6.07) is 0. The molecule has 2 rings (SSSR count). The Morgan fingerprint density at radius 3 is 0.429 bits per heavy atom. The summed E-state index contributed by atoms with van der Waals surface area (Å²) in [4.78, 5) is 0. The van der Waals surface area contributed by atoms with Crippen molar-refractivity contribution in [1.82, 2.24) is 0 Å². The Bertz CT molecular complexity index is 320.